The minimum absolute atomic E-state index is 0.0629. The van der Waals surface area contributed by atoms with Crippen molar-refractivity contribution in [1.29, 1.82) is 0 Å². The zero-order valence-corrected chi connectivity index (χ0v) is 16.5. The normalized spacial score (nSPS) is 31.5. The maximum absolute atomic E-state index is 12.6. The SMILES string of the molecule is CN(C(=O)/C=C/c1ccccc1)c1nnc(C23CC4CC(CC(C4)C2)C3)s1. The van der Waals surface area contributed by atoms with Crippen molar-refractivity contribution in [1.82, 2.24) is 10.2 Å². The molecule has 0 saturated heterocycles. The number of hydrogen-bond acceptors (Lipinski definition) is 4. The van der Waals surface area contributed by atoms with Crippen molar-refractivity contribution in [3.63, 3.8) is 0 Å². The molecule has 27 heavy (non-hydrogen) atoms. The zero-order valence-electron chi connectivity index (χ0n) is 15.7. The number of likely N-dealkylation sites (N-methyl/N-ethyl adjacent to an activating group) is 1. The van der Waals surface area contributed by atoms with E-state index in [9.17, 15) is 4.79 Å². The molecule has 4 aliphatic rings. The molecule has 5 heteroatoms. The van der Waals surface area contributed by atoms with Crippen LogP contribution in [0.1, 0.15) is 49.1 Å². The third-order valence-corrected chi connectivity index (χ3v) is 7.99. The van der Waals surface area contributed by atoms with Gasteiger partial charge < -0.3 is 0 Å². The molecule has 0 radical (unpaired) electrons. The number of rotatable bonds is 4. The highest BCUT2D eigenvalue weighted by Crippen LogP contribution is 2.61. The Balaban J connectivity index is 1.33. The quantitative estimate of drug-likeness (QED) is 0.725. The van der Waals surface area contributed by atoms with Gasteiger partial charge in [-0.15, -0.1) is 10.2 Å². The van der Waals surface area contributed by atoms with E-state index in [0.717, 1.165) is 23.3 Å². The Labute approximate surface area is 164 Å². The number of anilines is 1. The first-order valence-electron chi connectivity index (χ1n) is 9.96. The van der Waals surface area contributed by atoms with E-state index >= 15 is 0 Å². The maximum atomic E-state index is 12.6. The van der Waals surface area contributed by atoms with Crippen LogP contribution in [0.25, 0.3) is 6.08 Å². The Bertz CT molecular complexity index is 837. The van der Waals surface area contributed by atoms with Gasteiger partial charge in [-0.3, -0.25) is 9.69 Å². The lowest BCUT2D eigenvalue weighted by atomic mass is 9.50. The fourth-order valence-electron chi connectivity index (χ4n) is 5.88. The average Bonchev–Trinajstić information content (AvgIpc) is 3.16. The Morgan fingerprint density at radius 2 is 1.70 bits per heavy atom. The monoisotopic (exact) mass is 379 g/mol. The highest BCUT2D eigenvalue weighted by molar-refractivity contribution is 7.15. The van der Waals surface area contributed by atoms with Gasteiger partial charge in [0.25, 0.3) is 5.91 Å². The molecule has 0 atom stereocenters. The molecular formula is C22H25N3OS. The van der Waals surface area contributed by atoms with Crippen molar-refractivity contribution >= 4 is 28.5 Å². The largest absolute Gasteiger partial charge is 0.286 e. The highest BCUT2D eigenvalue weighted by Gasteiger charge is 2.53. The van der Waals surface area contributed by atoms with Crippen molar-refractivity contribution in [2.75, 3.05) is 11.9 Å². The van der Waals surface area contributed by atoms with Crippen LogP contribution in [0.3, 0.4) is 0 Å². The molecule has 1 amide bonds. The van der Waals surface area contributed by atoms with E-state index in [-0.39, 0.29) is 11.3 Å². The van der Waals surface area contributed by atoms with Gasteiger partial charge in [0.1, 0.15) is 5.01 Å². The average molecular weight is 380 g/mol. The van der Waals surface area contributed by atoms with Crippen molar-refractivity contribution in [3.8, 4) is 0 Å². The summed E-state index contributed by atoms with van der Waals surface area (Å²) in [6.45, 7) is 0. The fourth-order valence-corrected chi connectivity index (χ4v) is 6.91. The number of amides is 1. The summed E-state index contributed by atoms with van der Waals surface area (Å²) in [6.07, 6.45) is 11.6. The molecule has 1 aromatic heterocycles. The van der Waals surface area contributed by atoms with E-state index in [1.165, 1.54) is 43.5 Å². The van der Waals surface area contributed by atoms with Gasteiger partial charge in [-0.05, 0) is 67.9 Å². The van der Waals surface area contributed by atoms with Crippen LogP contribution in [0, 0.1) is 17.8 Å². The molecule has 0 unspecified atom stereocenters. The van der Waals surface area contributed by atoms with Crippen LogP contribution in [-0.4, -0.2) is 23.2 Å². The van der Waals surface area contributed by atoms with Crippen LogP contribution in [-0.2, 0) is 10.2 Å². The number of aromatic nitrogens is 2. The third kappa shape index (κ3) is 3.12. The summed E-state index contributed by atoms with van der Waals surface area (Å²) in [5.41, 5.74) is 1.26. The summed E-state index contributed by atoms with van der Waals surface area (Å²) in [7, 11) is 1.79. The van der Waals surface area contributed by atoms with Gasteiger partial charge in [-0.2, -0.15) is 0 Å². The lowest BCUT2D eigenvalue weighted by molar-refractivity contribution is -0.113. The van der Waals surface area contributed by atoms with E-state index in [1.54, 1.807) is 29.4 Å². The molecule has 0 spiro atoms. The lowest BCUT2D eigenvalue weighted by Crippen LogP contribution is -2.48. The Kier molecular flexibility index (Phi) is 4.15. The Morgan fingerprint density at radius 3 is 2.33 bits per heavy atom. The molecule has 1 heterocycles. The van der Waals surface area contributed by atoms with Crippen LogP contribution in [0.2, 0.25) is 0 Å². The van der Waals surface area contributed by atoms with Gasteiger partial charge >= 0.3 is 0 Å². The minimum atomic E-state index is -0.0629. The van der Waals surface area contributed by atoms with Crippen molar-refractivity contribution < 1.29 is 4.79 Å². The molecule has 2 aromatic rings. The van der Waals surface area contributed by atoms with Gasteiger partial charge in [0.15, 0.2) is 0 Å². The fraction of sp³-hybridized carbons (Fsp3) is 0.500. The van der Waals surface area contributed by atoms with Crippen molar-refractivity contribution in [2.24, 2.45) is 17.8 Å². The van der Waals surface area contributed by atoms with E-state index in [1.807, 2.05) is 36.4 Å². The second-order valence-corrected chi connectivity index (χ2v) is 9.68. The molecule has 4 bridgehead atoms. The summed E-state index contributed by atoms with van der Waals surface area (Å²) in [4.78, 5) is 14.2. The predicted octanol–water partition coefficient (Wildman–Crippen LogP) is 4.68. The number of carbonyl (C=O) groups excluding carboxylic acids is 1. The summed E-state index contributed by atoms with van der Waals surface area (Å²) in [5.74, 6) is 2.59. The van der Waals surface area contributed by atoms with Crippen LogP contribution in [0.15, 0.2) is 36.4 Å². The molecule has 4 nitrogen and oxygen atoms in total. The predicted molar refractivity (Wildman–Crippen MR) is 109 cm³/mol. The van der Waals surface area contributed by atoms with Crippen molar-refractivity contribution in [3.05, 3.63) is 47.0 Å². The first-order valence-corrected chi connectivity index (χ1v) is 10.8. The lowest BCUT2D eigenvalue weighted by Gasteiger charge is -2.55. The van der Waals surface area contributed by atoms with Crippen LogP contribution < -0.4 is 4.90 Å². The molecule has 4 saturated carbocycles. The molecule has 4 aliphatic carbocycles. The Hall–Kier alpha value is -2.01. The van der Waals surface area contributed by atoms with Gasteiger partial charge in [0, 0.05) is 18.5 Å². The minimum Gasteiger partial charge on any atom is -0.286 e. The standard InChI is InChI=1S/C22H25N3OS/c1-25(19(26)8-7-15-5-3-2-4-6-15)21-24-23-20(27-21)22-12-16-9-17(13-22)11-18(10-16)14-22/h2-8,16-18H,9-14H2,1H3/b8-7+. The number of hydrogen-bond donors (Lipinski definition) is 0. The van der Waals surface area contributed by atoms with Gasteiger partial charge in [-0.1, -0.05) is 41.7 Å². The molecule has 0 N–H and O–H groups in total. The zero-order chi connectivity index (χ0) is 18.4. The summed E-state index contributed by atoms with van der Waals surface area (Å²) in [5, 5.41) is 10.8. The maximum Gasteiger partial charge on any atom is 0.252 e. The first kappa shape index (κ1) is 17.1. The summed E-state index contributed by atoms with van der Waals surface area (Å²) < 4.78 is 0. The molecule has 4 fully saturated rings. The van der Waals surface area contributed by atoms with Gasteiger partial charge in [0.05, 0.1) is 0 Å². The number of carbonyl (C=O) groups is 1. The first-order chi connectivity index (χ1) is 13.1. The Morgan fingerprint density at radius 1 is 1.07 bits per heavy atom. The smallest absolute Gasteiger partial charge is 0.252 e. The topological polar surface area (TPSA) is 46.1 Å². The van der Waals surface area contributed by atoms with Crippen LogP contribution >= 0.6 is 11.3 Å². The second-order valence-electron chi connectivity index (χ2n) is 8.73. The molecule has 6 rings (SSSR count). The molecule has 140 valence electrons. The van der Waals surface area contributed by atoms with E-state index < -0.39 is 0 Å². The second kappa shape index (κ2) is 6.55. The third-order valence-electron chi connectivity index (χ3n) is 6.74. The van der Waals surface area contributed by atoms with Gasteiger partial charge in [-0.25, -0.2) is 0 Å². The van der Waals surface area contributed by atoms with Crippen LogP contribution in [0.4, 0.5) is 5.13 Å². The number of nitrogens with zero attached hydrogens (tertiary/aromatic N) is 3. The molecular weight excluding hydrogens is 354 g/mol. The number of benzene rings is 1. The summed E-state index contributed by atoms with van der Waals surface area (Å²) in [6, 6.07) is 9.88. The molecule has 0 aliphatic heterocycles. The van der Waals surface area contributed by atoms with E-state index in [4.69, 9.17) is 0 Å². The van der Waals surface area contributed by atoms with Crippen LogP contribution in [0.5, 0.6) is 0 Å². The van der Waals surface area contributed by atoms with Crippen molar-refractivity contribution in [2.45, 2.75) is 43.9 Å². The summed E-state index contributed by atoms with van der Waals surface area (Å²) >= 11 is 1.63. The highest BCUT2D eigenvalue weighted by atomic mass is 32.1. The van der Waals surface area contributed by atoms with E-state index in [2.05, 4.69) is 10.2 Å². The van der Waals surface area contributed by atoms with E-state index in [0.29, 0.717) is 5.13 Å². The van der Waals surface area contributed by atoms with Gasteiger partial charge in [0.2, 0.25) is 5.13 Å². The molecule has 1 aromatic carbocycles.